The fourth-order valence-corrected chi connectivity index (χ4v) is 1.61. The SMILES string of the molecule is CC(C)c1cc([N+](=O)[O-])ccc1C(O)CN. The van der Waals surface area contributed by atoms with Gasteiger partial charge < -0.3 is 10.8 Å². The van der Waals surface area contributed by atoms with E-state index >= 15 is 0 Å². The molecule has 0 aliphatic rings. The summed E-state index contributed by atoms with van der Waals surface area (Å²) in [6, 6.07) is 4.46. The Morgan fingerprint density at radius 3 is 2.50 bits per heavy atom. The highest BCUT2D eigenvalue weighted by atomic mass is 16.6. The summed E-state index contributed by atoms with van der Waals surface area (Å²) in [5.41, 5.74) is 6.87. The normalized spacial score (nSPS) is 12.8. The van der Waals surface area contributed by atoms with Crippen LogP contribution in [0.25, 0.3) is 0 Å². The Kier molecular flexibility index (Phi) is 3.98. The highest BCUT2D eigenvalue weighted by Crippen LogP contribution is 2.28. The van der Waals surface area contributed by atoms with E-state index in [0.29, 0.717) is 5.56 Å². The van der Waals surface area contributed by atoms with Crippen LogP contribution in [0.1, 0.15) is 37.0 Å². The second kappa shape index (κ2) is 5.05. The van der Waals surface area contributed by atoms with Crippen LogP contribution in [0.3, 0.4) is 0 Å². The number of nitro benzene ring substituents is 1. The van der Waals surface area contributed by atoms with Crippen molar-refractivity contribution >= 4 is 5.69 Å². The van der Waals surface area contributed by atoms with E-state index in [1.165, 1.54) is 12.1 Å². The summed E-state index contributed by atoms with van der Waals surface area (Å²) in [5, 5.41) is 20.3. The molecule has 0 amide bonds. The van der Waals surface area contributed by atoms with Crippen LogP contribution in [0.2, 0.25) is 0 Å². The average molecular weight is 224 g/mol. The van der Waals surface area contributed by atoms with Gasteiger partial charge in [0, 0.05) is 18.7 Å². The third-order valence-electron chi connectivity index (χ3n) is 2.49. The van der Waals surface area contributed by atoms with E-state index in [1.54, 1.807) is 6.07 Å². The Balaban J connectivity index is 3.24. The fourth-order valence-electron chi connectivity index (χ4n) is 1.61. The van der Waals surface area contributed by atoms with Crippen molar-refractivity contribution in [2.45, 2.75) is 25.9 Å². The number of nitrogens with two attached hydrogens (primary N) is 1. The Hall–Kier alpha value is -1.46. The van der Waals surface area contributed by atoms with Crippen LogP contribution >= 0.6 is 0 Å². The van der Waals surface area contributed by atoms with E-state index in [-0.39, 0.29) is 18.2 Å². The number of hydrogen-bond donors (Lipinski definition) is 2. The van der Waals surface area contributed by atoms with Crippen molar-refractivity contribution in [2.24, 2.45) is 5.73 Å². The molecule has 0 bridgehead atoms. The lowest BCUT2D eigenvalue weighted by Gasteiger charge is -2.16. The summed E-state index contributed by atoms with van der Waals surface area (Å²) in [7, 11) is 0. The lowest BCUT2D eigenvalue weighted by atomic mass is 9.93. The van der Waals surface area contributed by atoms with Gasteiger partial charge in [-0.05, 0) is 23.1 Å². The zero-order chi connectivity index (χ0) is 12.3. The molecule has 1 rings (SSSR count). The number of aliphatic hydroxyl groups is 1. The zero-order valence-electron chi connectivity index (χ0n) is 9.38. The third kappa shape index (κ3) is 2.56. The molecule has 0 spiro atoms. The molecule has 0 aliphatic carbocycles. The van der Waals surface area contributed by atoms with Gasteiger partial charge in [0.1, 0.15) is 0 Å². The van der Waals surface area contributed by atoms with Gasteiger partial charge in [0.2, 0.25) is 0 Å². The van der Waals surface area contributed by atoms with E-state index in [2.05, 4.69) is 0 Å². The van der Waals surface area contributed by atoms with Crippen molar-refractivity contribution in [1.29, 1.82) is 0 Å². The molecule has 1 unspecified atom stereocenters. The summed E-state index contributed by atoms with van der Waals surface area (Å²) in [5.74, 6) is 0.107. The van der Waals surface area contributed by atoms with Gasteiger partial charge in [-0.1, -0.05) is 13.8 Å². The molecule has 0 aliphatic heterocycles. The van der Waals surface area contributed by atoms with E-state index in [0.717, 1.165) is 5.56 Å². The molecule has 5 nitrogen and oxygen atoms in total. The van der Waals surface area contributed by atoms with Crippen molar-refractivity contribution in [1.82, 2.24) is 0 Å². The molecule has 1 atom stereocenters. The minimum atomic E-state index is -0.766. The molecule has 0 heterocycles. The lowest BCUT2D eigenvalue weighted by molar-refractivity contribution is -0.385. The summed E-state index contributed by atoms with van der Waals surface area (Å²) >= 11 is 0. The molecular formula is C11H16N2O3. The third-order valence-corrected chi connectivity index (χ3v) is 2.49. The van der Waals surface area contributed by atoms with Crippen molar-refractivity contribution in [3.05, 3.63) is 39.4 Å². The number of hydrogen-bond acceptors (Lipinski definition) is 4. The first-order valence-electron chi connectivity index (χ1n) is 5.13. The topological polar surface area (TPSA) is 89.4 Å². The standard InChI is InChI=1S/C11H16N2O3/c1-7(2)10-5-8(13(15)16)3-4-9(10)11(14)6-12/h3-5,7,11,14H,6,12H2,1-2H3. The van der Waals surface area contributed by atoms with E-state index in [1.807, 2.05) is 13.8 Å². The quantitative estimate of drug-likeness (QED) is 0.601. The summed E-state index contributed by atoms with van der Waals surface area (Å²) < 4.78 is 0. The number of aliphatic hydroxyl groups excluding tert-OH is 1. The highest BCUT2D eigenvalue weighted by Gasteiger charge is 2.17. The molecule has 0 saturated carbocycles. The van der Waals surface area contributed by atoms with Gasteiger partial charge in [0.15, 0.2) is 0 Å². The van der Waals surface area contributed by atoms with Crippen LogP contribution in [0, 0.1) is 10.1 Å². The maximum atomic E-state index is 10.6. The predicted octanol–water partition coefficient (Wildman–Crippen LogP) is 1.71. The zero-order valence-corrected chi connectivity index (χ0v) is 9.38. The van der Waals surface area contributed by atoms with Gasteiger partial charge >= 0.3 is 0 Å². The fraction of sp³-hybridized carbons (Fsp3) is 0.455. The van der Waals surface area contributed by atoms with Crippen molar-refractivity contribution in [2.75, 3.05) is 6.54 Å². The Morgan fingerprint density at radius 2 is 2.06 bits per heavy atom. The van der Waals surface area contributed by atoms with Crippen LogP contribution in [0.5, 0.6) is 0 Å². The second-order valence-electron chi connectivity index (χ2n) is 3.98. The maximum absolute atomic E-state index is 10.6. The first kappa shape index (κ1) is 12.6. The largest absolute Gasteiger partial charge is 0.387 e. The first-order chi connectivity index (χ1) is 7.47. The number of nitro groups is 1. The van der Waals surface area contributed by atoms with Gasteiger partial charge in [-0.2, -0.15) is 0 Å². The number of nitrogens with zero attached hydrogens (tertiary/aromatic N) is 1. The molecule has 0 saturated heterocycles. The van der Waals surface area contributed by atoms with E-state index in [9.17, 15) is 15.2 Å². The number of non-ortho nitro benzene ring substituents is 1. The molecule has 16 heavy (non-hydrogen) atoms. The highest BCUT2D eigenvalue weighted by molar-refractivity contribution is 5.42. The van der Waals surface area contributed by atoms with Gasteiger partial charge in [0.05, 0.1) is 11.0 Å². The maximum Gasteiger partial charge on any atom is 0.269 e. The second-order valence-corrected chi connectivity index (χ2v) is 3.98. The minimum absolute atomic E-state index is 0.0386. The van der Waals surface area contributed by atoms with Crippen LogP contribution in [0.15, 0.2) is 18.2 Å². The van der Waals surface area contributed by atoms with Crippen molar-refractivity contribution < 1.29 is 10.0 Å². The summed E-state index contributed by atoms with van der Waals surface area (Å²) in [4.78, 5) is 10.2. The van der Waals surface area contributed by atoms with Crippen molar-refractivity contribution in [3.8, 4) is 0 Å². The molecule has 5 heteroatoms. The van der Waals surface area contributed by atoms with Crippen LogP contribution in [-0.2, 0) is 0 Å². The van der Waals surface area contributed by atoms with Gasteiger partial charge in [-0.25, -0.2) is 0 Å². The van der Waals surface area contributed by atoms with Crippen LogP contribution in [0.4, 0.5) is 5.69 Å². The van der Waals surface area contributed by atoms with Gasteiger partial charge in [-0.3, -0.25) is 10.1 Å². The predicted molar refractivity (Wildman–Crippen MR) is 61.2 cm³/mol. The first-order valence-corrected chi connectivity index (χ1v) is 5.13. The summed E-state index contributed by atoms with van der Waals surface area (Å²) in [6.07, 6.45) is -0.766. The van der Waals surface area contributed by atoms with Crippen molar-refractivity contribution in [3.63, 3.8) is 0 Å². The van der Waals surface area contributed by atoms with E-state index < -0.39 is 11.0 Å². The number of benzene rings is 1. The Labute approximate surface area is 94.0 Å². The van der Waals surface area contributed by atoms with Crippen LogP contribution < -0.4 is 5.73 Å². The lowest BCUT2D eigenvalue weighted by Crippen LogP contribution is -2.14. The Morgan fingerprint density at radius 1 is 1.44 bits per heavy atom. The Bertz CT molecular complexity index is 391. The molecular weight excluding hydrogens is 208 g/mol. The van der Waals surface area contributed by atoms with Gasteiger partial charge in [-0.15, -0.1) is 0 Å². The molecule has 3 N–H and O–H groups in total. The average Bonchev–Trinajstić information content (AvgIpc) is 2.26. The molecule has 1 aromatic rings. The van der Waals surface area contributed by atoms with Gasteiger partial charge in [0.25, 0.3) is 5.69 Å². The molecule has 0 radical (unpaired) electrons. The van der Waals surface area contributed by atoms with Crippen LogP contribution in [-0.4, -0.2) is 16.6 Å². The molecule has 0 fully saturated rings. The number of rotatable bonds is 4. The summed E-state index contributed by atoms with van der Waals surface area (Å²) in [6.45, 7) is 3.95. The van der Waals surface area contributed by atoms with E-state index in [4.69, 9.17) is 5.73 Å². The molecule has 1 aromatic carbocycles. The smallest absolute Gasteiger partial charge is 0.269 e. The monoisotopic (exact) mass is 224 g/mol. The molecule has 0 aromatic heterocycles. The molecule has 88 valence electrons. The minimum Gasteiger partial charge on any atom is -0.387 e.